The zero-order chi connectivity index (χ0) is 24.4. The molecule has 3 N–H and O–H groups in total. The van der Waals surface area contributed by atoms with Crippen molar-refractivity contribution in [3.05, 3.63) is 59.3 Å². The lowest BCUT2D eigenvalue weighted by Crippen LogP contribution is -2.44. The molecule has 0 aliphatic rings. The number of halogens is 2. The molecule has 33 heavy (non-hydrogen) atoms. The molecule has 0 fully saturated rings. The number of anilines is 1. The van der Waals surface area contributed by atoms with Crippen LogP contribution in [0.5, 0.6) is 0 Å². The molecule has 1 heterocycles. The number of carbonyl (C=O) groups excluding carboxylic acids is 2. The molecule has 8 heteroatoms. The van der Waals surface area contributed by atoms with E-state index in [1.54, 1.807) is 12.3 Å². The number of aromatic nitrogens is 1. The maximum atomic E-state index is 13.4. The van der Waals surface area contributed by atoms with Gasteiger partial charge >= 0.3 is 0 Å². The van der Waals surface area contributed by atoms with Gasteiger partial charge in [-0.15, -0.1) is 0 Å². The molecule has 0 bridgehead atoms. The molecule has 0 spiro atoms. The van der Waals surface area contributed by atoms with E-state index >= 15 is 0 Å². The van der Waals surface area contributed by atoms with E-state index in [0.717, 1.165) is 36.7 Å². The van der Waals surface area contributed by atoms with E-state index < -0.39 is 23.6 Å². The van der Waals surface area contributed by atoms with Crippen LogP contribution in [0.15, 0.2) is 36.5 Å². The van der Waals surface area contributed by atoms with Crippen LogP contribution in [-0.2, 0) is 16.0 Å². The smallest absolute Gasteiger partial charge is 0.248 e. The SMILES string of the molecule is CCCC(NC(=O)Cc1cc(F)cc(F)c1)C(=O)Nc1ccc(C(C)NCCC(C)C)cn1. The Balaban J connectivity index is 1.93. The molecule has 0 aliphatic heterocycles. The van der Waals surface area contributed by atoms with Crippen molar-refractivity contribution >= 4 is 17.6 Å². The van der Waals surface area contributed by atoms with Gasteiger partial charge in [-0.3, -0.25) is 9.59 Å². The summed E-state index contributed by atoms with van der Waals surface area (Å²) in [6.45, 7) is 9.24. The first-order chi connectivity index (χ1) is 15.7. The molecule has 2 unspecified atom stereocenters. The van der Waals surface area contributed by atoms with E-state index in [1.165, 1.54) is 0 Å². The number of nitrogens with zero attached hydrogens (tertiary/aromatic N) is 1. The standard InChI is InChI=1S/C25H34F2N4O2/c1-5-6-22(30-24(32)13-18-11-20(26)14-21(27)12-18)25(33)31-23-8-7-19(15-29-23)17(4)28-10-9-16(2)3/h7-8,11-12,14-17,22,28H,5-6,9-10,13H2,1-4H3,(H,30,32)(H,29,31,33). The van der Waals surface area contributed by atoms with E-state index in [0.29, 0.717) is 24.6 Å². The predicted octanol–water partition coefficient (Wildman–Crippen LogP) is 4.52. The largest absolute Gasteiger partial charge is 0.344 e. The van der Waals surface area contributed by atoms with Crippen molar-refractivity contribution in [3.8, 4) is 0 Å². The van der Waals surface area contributed by atoms with Crippen LogP contribution in [0.4, 0.5) is 14.6 Å². The normalized spacial score (nSPS) is 12.9. The van der Waals surface area contributed by atoms with Crippen molar-refractivity contribution < 1.29 is 18.4 Å². The minimum absolute atomic E-state index is 0.140. The van der Waals surface area contributed by atoms with E-state index in [4.69, 9.17) is 0 Å². The lowest BCUT2D eigenvalue weighted by Gasteiger charge is -2.18. The fourth-order valence-corrected chi connectivity index (χ4v) is 3.36. The first-order valence-electron chi connectivity index (χ1n) is 11.4. The van der Waals surface area contributed by atoms with Gasteiger partial charge in [0.15, 0.2) is 0 Å². The van der Waals surface area contributed by atoms with Crippen molar-refractivity contribution in [1.29, 1.82) is 0 Å². The zero-order valence-corrected chi connectivity index (χ0v) is 19.8. The van der Waals surface area contributed by atoms with Crippen LogP contribution >= 0.6 is 0 Å². The van der Waals surface area contributed by atoms with Gasteiger partial charge in [-0.2, -0.15) is 0 Å². The number of nitrogens with one attached hydrogen (secondary N) is 3. The third kappa shape index (κ3) is 9.26. The van der Waals surface area contributed by atoms with Gasteiger partial charge in [-0.1, -0.05) is 33.3 Å². The second-order valence-electron chi connectivity index (χ2n) is 8.69. The summed E-state index contributed by atoms with van der Waals surface area (Å²) >= 11 is 0. The van der Waals surface area contributed by atoms with Gasteiger partial charge in [0.05, 0.1) is 6.42 Å². The Morgan fingerprint density at radius 2 is 1.73 bits per heavy atom. The van der Waals surface area contributed by atoms with Gasteiger partial charge in [0.25, 0.3) is 0 Å². The fourth-order valence-electron chi connectivity index (χ4n) is 3.36. The third-order valence-electron chi connectivity index (χ3n) is 5.23. The topological polar surface area (TPSA) is 83.1 Å². The first kappa shape index (κ1) is 26.4. The van der Waals surface area contributed by atoms with Crippen molar-refractivity contribution in [1.82, 2.24) is 15.6 Å². The highest BCUT2D eigenvalue weighted by molar-refractivity contribution is 5.96. The second-order valence-corrected chi connectivity index (χ2v) is 8.69. The van der Waals surface area contributed by atoms with Gasteiger partial charge in [-0.05, 0) is 61.6 Å². The molecular formula is C25H34F2N4O2. The molecule has 0 radical (unpaired) electrons. The quantitative estimate of drug-likeness (QED) is 0.435. The van der Waals surface area contributed by atoms with Crippen LogP contribution in [0, 0.1) is 17.6 Å². The number of pyridine rings is 1. The summed E-state index contributed by atoms with van der Waals surface area (Å²) in [6.07, 6.45) is 3.67. The average Bonchev–Trinajstić information content (AvgIpc) is 2.72. The third-order valence-corrected chi connectivity index (χ3v) is 5.23. The summed E-state index contributed by atoms with van der Waals surface area (Å²) in [5.41, 5.74) is 1.21. The molecule has 2 atom stereocenters. The monoisotopic (exact) mass is 460 g/mol. The molecule has 6 nitrogen and oxygen atoms in total. The summed E-state index contributed by atoms with van der Waals surface area (Å²) in [7, 11) is 0. The molecule has 0 saturated heterocycles. The fraction of sp³-hybridized carbons (Fsp3) is 0.480. The Labute approximate surface area is 194 Å². The highest BCUT2D eigenvalue weighted by Crippen LogP contribution is 2.15. The molecule has 2 rings (SSSR count). The number of hydrogen-bond acceptors (Lipinski definition) is 4. The average molecular weight is 461 g/mol. The molecule has 180 valence electrons. The summed E-state index contributed by atoms with van der Waals surface area (Å²) in [5, 5.41) is 8.84. The lowest BCUT2D eigenvalue weighted by molar-refractivity contribution is -0.126. The van der Waals surface area contributed by atoms with E-state index in [9.17, 15) is 18.4 Å². The Kier molecular flexibility index (Phi) is 10.4. The zero-order valence-electron chi connectivity index (χ0n) is 19.8. The summed E-state index contributed by atoms with van der Waals surface area (Å²) in [4.78, 5) is 29.4. The summed E-state index contributed by atoms with van der Waals surface area (Å²) < 4.78 is 26.7. The molecular weight excluding hydrogens is 426 g/mol. The minimum Gasteiger partial charge on any atom is -0.344 e. The Hall–Kier alpha value is -2.87. The van der Waals surface area contributed by atoms with Gasteiger partial charge in [0.2, 0.25) is 11.8 Å². The number of benzene rings is 1. The minimum atomic E-state index is -0.779. The Morgan fingerprint density at radius 3 is 2.30 bits per heavy atom. The van der Waals surface area contributed by atoms with Gasteiger partial charge in [0.1, 0.15) is 23.5 Å². The predicted molar refractivity (Wildman–Crippen MR) is 126 cm³/mol. The molecule has 1 aromatic carbocycles. The first-order valence-corrected chi connectivity index (χ1v) is 11.4. The van der Waals surface area contributed by atoms with E-state index in [2.05, 4.69) is 41.7 Å². The molecule has 2 amide bonds. The number of hydrogen-bond donors (Lipinski definition) is 3. The number of rotatable bonds is 12. The highest BCUT2D eigenvalue weighted by Gasteiger charge is 2.21. The Bertz CT molecular complexity index is 899. The summed E-state index contributed by atoms with van der Waals surface area (Å²) in [5.74, 6) is -1.36. The molecule has 1 aromatic heterocycles. The van der Waals surface area contributed by atoms with Crippen LogP contribution in [0.3, 0.4) is 0 Å². The highest BCUT2D eigenvalue weighted by atomic mass is 19.1. The maximum absolute atomic E-state index is 13.4. The number of carbonyl (C=O) groups is 2. The molecule has 0 aliphatic carbocycles. The van der Waals surface area contributed by atoms with Crippen molar-refractivity contribution in [2.24, 2.45) is 5.92 Å². The van der Waals surface area contributed by atoms with Crippen molar-refractivity contribution in [2.45, 2.75) is 65.5 Å². The van der Waals surface area contributed by atoms with Gasteiger partial charge < -0.3 is 16.0 Å². The van der Waals surface area contributed by atoms with Crippen LogP contribution in [0.25, 0.3) is 0 Å². The maximum Gasteiger partial charge on any atom is 0.248 e. The van der Waals surface area contributed by atoms with Crippen LogP contribution in [-0.4, -0.2) is 29.4 Å². The van der Waals surface area contributed by atoms with Gasteiger partial charge in [0, 0.05) is 18.3 Å². The van der Waals surface area contributed by atoms with Crippen LogP contribution in [0.2, 0.25) is 0 Å². The second kappa shape index (κ2) is 13.0. The Morgan fingerprint density at radius 1 is 1.03 bits per heavy atom. The number of amides is 2. The van der Waals surface area contributed by atoms with Gasteiger partial charge in [-0.25, -0.2) is 13.8 Å². The van der Waals surface area contributed by atoms with E-state index in [-0.39, 0.29) is 23.9 Å². The van der Waals surface area contributed by atoms with Crippen molar-refractivity contribution in [3.63, 3.8) is 0 Å². The lowest BCUT2D eigenvalue weighted by atomic mass is 10.1. The van der Waals surface area contributed by atoms with Crippen LogP contribution < -0.4 is 16.0 Å². The van der Waals surface area contributed by atoms with E-state index in [1.807, 2.05) is 13.0 Å². The van der Waals surface area contributed by atoms with Crippen molar-refractivity contribution in [2.75, 3.05) is 11.9 Å². The molecule has 0 saturated carbocycles. The summed E-state index contributed by atoms with van der Waals surface area (Å²) in [6, 6.07) is 5.94. The molecule has 2 aromatic rings. The van der Waals surface area contributed by atoms with Crippen LogP contribution in [0.1, 0.15) is 64.1 Å².